The van der Waals surface area contributed by atoms with Crippen LogP contribution >= 0.6 is 0 Å². The second-order valence-electron chi connectivity index (χ2n) is 12.2. The van der Waals surface area contributed by atoms with E-state index in [0.717, 1.165) is 6.42 Å². The Balaban J connectivity index is 3.03. The van der Waals surface area contributed by atoms with Crippen molar-refractivity contribution < 1.29 is 53.1 Å². The van der Waals surface area contributed by atoms with E-state index in [-0.39, 0.29) is 32.2 Å². The number of nitrogens with one attached hydrogen (secondary N) is 7. The van der Waals surface area contributed by atoms with Gasteiger partial charge in [0.2, 0.25) is 53.2 Å². The van der Waals surface area contributed by atoms with Gasteiger partial charge < -0.3 is 65.3 Å². The number of nitrogens with two attached hydrogens (primary N) is 4. The molecule has 0 aromatic rings. The molecule has 0 saturated carbocycles. The maximum Gasteiger partial charge on any atom is 0.326 e. The summed E-state index contributed by atoms with van der Waals surface area (Å²) < 4.78 is 0. The molecule has 0 bridgehead atoms. The van der Waals surface area contributed by atoms with Gasteiger partial charge in [-0.25, -0.2) is 4.79 Å². The van der Waals surface area contributed by atoms with Gasteiger partial charge in [0, 0.05) is 12.8 Å². The fourth-order valence-electron chi connectivity index (χ4n) is 4.94. The maximum atomic E-state index is 13.4. The lowest BCUT2D eigenvalue weighted by molar-refractivity contribution is -0.144. The molecule has 16 N–H and O–H groups in total. The summed E-state index contributed by atoms with van der Waals surface area (Å²) in [6.45, 7) is 1.72. The Hall–Kier alpha value is -5.38. The topological polar surface area (TPSA) is 379 Å². The van der Waals surface area contributed by atoms with Crippen LogP contribution in [0.2, 0.25) is 0 Å². The second kappa shape index (κ2) is 23.2. The normalized spacial score (nSPS) is 16.5. The van der Waals surface area contributed by atoms with Crippen LogP contribution in [0.5, 0.6) is 0 Å². The SMILES string of the molecule is C[C@H](NC(=O)[C@H](CCC(N)=O)NC(=O)CNC(=O)[C@@H]1CCCN1)C(=O)N[C@@H](CCCCN)C(=O)N[C@@H](CCC(N)=O)C(=O)N[C@@H](CC(N)=O)C(=O)O. The number of hydrogen-bond donors (Lipinski definition) is 12. The molecule has 1 fully saturated rings. The molecular weight excluding hydrogens is 690 g/mol. The number of carboxylic acid groups (broad SMARTS) is 1. The molecule has 0 aromatic carbocycles. The molecule has 1 aliphatic rings. The Morgan fingerprint density at radius 2 is 1.21 bits per heavy atom. The summed E-state index contributed by atoms with van der Waals surface area (Å²) in [7, 11) is 0. The maximum absolute atomic E-state index is 13.4. The highest BCUT2D eigenvalue weighted by Crippen LogP contribution is 2.07. The van der Waals surface area contributed by atoms with Gasteiger partial charge in [-0.1, -0.05) is 0 Å². The van der Waals surface area contributed by atoms with E-state index in [1.165, 1.54) is 6.92 Å². The minimum atomic E-state index is -1.74. The van der Waals surface area contributed by atoms with Crippen LogP contribution in [0.1, 0.15) is 71.1 Å². The Bertz CT molecular complexity index is 1320. The van der Waals surface area contributed by atoms with Gasteiger partial charge in [0.15, 0.2) is 0 Å². The highest BCUT2D eigenvalue weighted by molar-refractivity contribution is 5.97. The van der Waals surface area contributed by atoms with Gasteiger partial charge >= 0.3 is 5.97 Å². The van der Waals surface area contributed by atoms with Gasteiger partial charge in [0.25, 0.3) is 0 Å². The highest BCUT2D eigenvalue weighted by atomic mass is 16.4. The lowest BCUT2D eigenvalue weighted by Crippen LogP contribution is -2.58. The molecule has 0 spiro atoms. The Morgan fingerprint density at radius 3 is 1.71 bits per heavy atom. The third kappa shape index (κ3) is 17.5. The van der Waals surface area contributed by atoms with E-state index in [1.54, 1.807) is 0 Å². The highest BCUT2D eigenvalue weighted by Gasteiger charge is 2.32. The summed E-state index contributed by atoms with van der Waals surface area (Å²) in [5.74, 6) is -9.11. The number of carboxylic acids is 1. The molecule has 0 aliphatic carbocycles. The average Bonchev–Trinajstić information content (AvgIpc) is 3.61. The zero-order chi connectivity index (χ0) is 39.4. The van der Waals surface area contributed by atoms with Crippen molar-refractivity contribution in [1.29, 1.82) is 0 Å². The predicted octanol–water partition coefficient (Wildman–Crippen LogP) is -6.08. The minimum Gasteiger partial charge on any atom is -0.480 e. The molecule has 0 unspecified atom stereocenters. The van der Waals surface area contributed by atoms with E-state index in [9.17, 15) is 53.1 Å². The first kappa shape index (κ1) is 44.6. The van der Waals surface area contributed by atoms with Crippen LogP contribution < -0.4 is 60.2 Å². The molecule has 22 heteroatoms. The number of amides is 9. The number of rotatable bonds is 25. The summed E-state index contributed by atoms with van der Waals surface area (Å²) in [6, 6.07) is -7.71. The van der Waals surface area contributed by atoms with Crippen molar-refractivity contribution in [2.45, 2.75) is 107 Å². The van der Waals surface area contributed by atoms with Gasteiger partial charge in [-0.3, -0.25) is 43.2 Å². The second-order valence-corrected chi connectivity index (χ2v) is 12.2. The molecule has 1 aliphatic heterocycles. The van der Waals surface area contributed by atoms with Gasteiger partial charge in [-0.15, -0.1) is 0 Å². The molecule has 9 amide bonds. The van der Waals surface area contributed by atoms with E-state index < -0.39 is 115 Å². The van der Waals surface area contributed by atoms with Crippen LogP contribution in [0.25, 0.3) is 0 Å². The fourth-order valence-corrected chi connectivity index (χ4v) is 4.94. The Kier molecular flexibility index (Phi) is 19.9. The fraction of sp³-hybridized carbons (Fsp3) is 0.667. The van der Waals surface area contributed by atoms with Crippen molar-refractivity contribution in [3.8, 4) is 0 Å². The van der Waals surface area contributed by atoms with Crippen molar-refractivity contribution in [1.82, 2.24) is 37.2 Å². The first-order chi connectivity index (χ1) is 24.4. The van der Waals surface area contributed by atoms with Crippen LogP contribution in [0.4, 0.5) is 0 Å². The van der Waals surface area contributed by atoms with Crippen molar-refractivity contribution >= 4 is 59.1 Å². The first-order valence-corrected chi connectivity index (χ1v) is 16.7. The largest absolute Gasteiger partial charge is 0.480 e. The van der Waals surface area contributed by atoms with Crippen LogP contribution in [0.3, 0.4) is 0 Å². The third-order valence-corrected chi connectivity index (χ3v) is 7.80. The molecular formula is C30H51N11O11. The van der Waals surface area contributed by atoms with Gasteiger partial charge in [-0.2, -0.15) is 0 Å². The van der Waals surface area contributed by atoms with Crippen molar-refractivity contribution in [2.24, 2.45) is 22.9 Å². The monoisotopic (exact) mass is 741 g/mol. The van der Waals surface area contributed by atoms with Gasteiger partial charge in [0.1, 0.15) is 30.2 Å². The average molecular weight is 742 g/mol. The van der Waals surface area contributed by atoms with Crippen molar-refractivity contribution in [2.75, 3.05) is 19.6 Å². The summed E-state index contributed by atoms with van der Waals surface area (Å²) >= 11 is 0. The number of primary amides is 3. The van der Waals surface area contributed by atoms with Gasteiger partial charge in [0.05, 0.1) is 19.0 Å². The molecule has 1 rings (SSSR count). The van der Waals surface area contributed by atoms with Crippen molar-refractivity contribution in [3.05, 3.63) is 0 Å². The molecule has 0 radical (unpaired) electrons. The number of hydrogen-bond acceptors (Lipinski definition) is 12. The van der Waals surface area contributed by atoms with Gasteiger partial charge in [-0.05, 0) is 65.0 Å². The zero-order valence-electron chi connectivity index (χ0n) is 29.0. The predicted molar refractivity (Wildman–Crippen MR) is 181 cm³/mol. The van der Waals surface area contributed by atoms with Crippen LogP contribution in [0, 0.1) is 0 Å². The lowest BCUT2D eigenvalue weighted by atomic mass is 10.0. The molecule has 0 aromatic heterocycles. The number of carbonyl (C=O) groups excluding carboxylic acids is 9. The molecule has 1 heterocycles. The molecule has 292 valence electrons. The summed E-state index contributed by atoms with van der Waals surface area (Å²) in [5, 5.41) is 26.5. The van der Waals surface area contributed by atoms with E-state index in [2.05, 4.69) is 37.2 Å². The van der Waals surface area contributed by atoms with E-state index in [4.69, 9.17) is 22.9 Å². The molecule has 1 saturated heterocycles. The summed E-state index contributed by atoms with van der Waals surface area (Å²) in [5.41, 5.74) is 21.0. The lowest BCUT2D eigenvalue weighted by Gasteiger charge is -2.26. The van der Waals surface area contributed by atoms with Crippen molar-refractivity contribution in [3.63, 3.8) is 0 Å². The number of unbranched alkanes of at least 4 members (excludes halogenated alkanes) is 1. The molecule has 22 nitrogen and oxygen atoms in total. The van der Waals surface area contributed by atoms with Crippen LogP contribution in [-0.2, 0) is 47.9 Å². The number of aliphatic carboxylic acids is 1. The third-order valence-electron chi connectivity index (χ3n) is 7.80. The van der Waals surface area contributed by atoms with E-state index in [1.807, 2.05) is 0 Å². The van der Waals surface area contributed by atoms with E-state index in [0.29, 0.717) is 25.8 Å². The zero-order valence-corrected chi connectivity index (χ0v) is 29.0. The van der Waals surface area contributed by atoms with E-state index >= 15 is 0 Å². The van der Waals surface area contributed by atoms with Crippen LogP contribution in [0.15, 0.2) is 0 Å². The number of carbonyl (C=O) groups is 10. The smallest absolute Gasteiger partial charge is 0.326 e. The standard InChI is InChI=1S/C30H51N11O11/c1-15(37-27(48)18(7-9-21(32)42)38-24(45)14-36-26(47)16-6-4-12-35-16)25(46)39-17(5-2-3-11-31)28(49)40-19(8-10-22(33)43)29(50)41-20(30(51)52)13-23(34)44/h15-20,35H,2-14,31H2,1H3,(H2,32,42)(H2,33,43)(H2,34,44)(H,36,47)(H,37,48)(H,38,45)(H,39,46)(H,40,49)(H,41,50)(H,51,52)/t15-,16-,17-,18-,19-,20-/m0/s1. The molecule has 6 atom stereocenters. The first-order valence-electron chi connectivity index (χ1n) is 16.7. The Labute approximate surface area is 299 Å². The quantitative estimate of drug-likeness (QED) is 0.0388. The molecule has 52 heavy (non-hydrogen) atoms. The summed E-state index contributed by atoms with van der Waals surface area (Å²) in [4.78, 5) is 123. The Morgan fingerprint density at radius 1 is 0.692 bits per heavy atom. The summed E-state index contributed by atoms with van der Waals surface area (Å²) in [6.07, 6.45) is 0.0750. The van der Waals surface area contributed by atoms with Crippen LogP contribution in [-0.4, -0.2) is 120 Å². The minimum absolute atomic E-state index is 0.00157.